The van der Waals surface area contributed by atoms with Crippen LogP contribution in [-0.2, 0) is 12.8 Å². The number of fused-ring (bicyclic) bond motifs is 1. The maximum atomic E-state index is 9.91. The highest BCUT2D eigenvalue weighted by atomic mass is 16.3. The summed E-state index contributed by atoms with van der Waals surface area (Å²) < 4.78 is 0. The minimum absolute atomic E-state index is 0.387. The molecule has 0 radical (unpaired) electrons. The van der Waals surface area contributed by atoms with E-state index in [4.69, 9.17) is 0 Å². The van der Waals surface area contributed by atoms with Gasteiger partial charge in [-0.2, -0.15) is 0 Å². The Labute approximate surface area is 126 Å². The van der Waals surface area contributed by atoms with Crippen LogP contribution in [-0.4, -0.2) is 11.1 Å². The molecule has 3 rings (SSSR count). The number of benzene rings is 2. The van der Waals surface area contributed by atoms with Crippen LogP contribution < -0.4 is 5.32 Å². The van der Waals surface area contributed by atoms with Crippen molar-refractivity contribution >= 4 is 0 Å². The SMILES string of the molecule is CC(CCc1ccccc1)NC1CCc2c(O)cccc21. The van der Waals surface area contributed by atoms with Crippen molar-refractivity contribution in [1.82, 2.24) is 5.32 Å². The molecule has 2 unspecified atom stereocenters. The summed E-state index contributed by atoms with van der Waals surface area (Å²) in [5.74, 6) is 0.453. The van der Waals surface area contributed by atoms with E-state index in [1.54, 1.807) is 6.07 Å². The van der Waals surface area contributed by atoms with Crippen LogP contribution in [0.4, 0.5) is 0 Å². The van der Waals surface area contributed by atoms with Crippen LogP contribution in [0.5, 0.6) is 5.75 Å². The molecule has 0 aromatic heterocycles. The third-order valence-corrected chi connectivity index (χ3v) is 4.44. The highest BCUT2D eigenvalue weighted by Crippen LogP contribution is 2.36. The second-order valence-electron chi connectivity index (χ2n) is 6.03. The second kappa shape index (κ2) is 6.31. The molecule has 0 amide bonds. The molecule has 2 N–H and O–H groups in total. The van der Waals surface area contributed by atoms with E-state index >= 15 is 0 Å². The van der Waals surface area contributed by atoms with Crippen molar-refractivity contribution in [1.29, 1.82) is 0 Å². The lowest BCUT2D eigenvalue weighted by Gasteiger charge is -2.20. The molecular formula is C19H23NO. The van der Waals surface area contributed by atoms with Crippen LogP contribution in [0.1, 0.15) is 42.5 Å². The van der Waals surface area contributed by atoms with E-state index in [1.165, 1.54) is 11.1 Å². The molecular weight excluding hydrogens is 258 g/mol. The van der Waals surface area contributed by atoms with E-state index in [9.17, 15) is 5.11 Å². The van der Waals surface area contributed by atoms with Crippen molar-refractivity contribution in [3.63, 3.8) is 0 Å². The lowest BCUT2D eigenvalue weighted by molar-refractivity contribution is 0.434. The number of hydrogen-bond donors (Lipinski definition) is 2. The van der Waals surface area contributed by atoms with Crippen molar-refractivity contribution in [3.05, 3.63) is 65.2 Å². The van der Waals surface area contributed by atoms with Gasteiger partial charge in [0.15, 0.2) is 0 Å². The summed E-state index contributed by atoms with van der Waals surface area (Å²) in [6, 6.07) is 17.4. The molecule has 0 saturated heterocycles. The maximum Gasteiger partial charge on any atom is 0.119 e. The summed E-state index contributed by atoms with van der Waals surface area (Å²) in [7, 11) is 0. The number of hydrogen-bond acceptors (Lipinski definition) is 2. The van der Waals surface area contributed by atoms with Crippen LogP contribution >= 0.6 is 0 Å². The lowest BCUT2D eigenvalue weighted by atomic mass is 10.0. The molecule has 110 valence electrons. The van der Waals surface area contributed by atoms with Gasteiger partial charge in [-0.25, -0.2) is 0 Å². The Bertz CT molecular complexity index is 594. The molecule has 0 aliphatic heterocycles. The molecule has 0 bridgehead atoms. The van der Waals surface area contributed by atoms with E-state index in [-0.39, 0.29) is 0 Å². The topological polar surface area (TPSA) is 32.3 Å². The van der Waals surface area contributed by atoms with Gasteiger partial charge in [-0.05, 0) is 55.4 Å². The van der Waals surface area contributed by atoms with E-state index in [2.05, 4.69) is 48.6 Å². The smallest absolute Gasteiger partial charge is 0.119 e. The number of phenolic OH excluding ortho intramolecular Hbond substituents is 1. The summed E-state index contributed by atoms with van der Waals surface area (Å²) in [6.07, 6.45) is 4.30. The third-order valence-electron chi connectivity index (χ3n) is 4.44. The first-order valence-corrected chi connectivity index (χ1v) is 7.85. The van der Waals surface area contributed by atoms with Gasteiger partial charge in [-0.15, -0.1) is 0 Å². The lowest BCUT2D eigenvalue weighted by Crippen LogP contribution is -2.29. The van der Waals surface area contributed by atoms with Gasteiger partial charge in [-0.1, -0.05) is 42.5 Å². The Morgan fingerprint density at radius 3 is 2.76 bits per heavy atom. The minimum Gasteiger partial charge on any atom is -0.508 e. The van der Waals surface area contributed by atoms with Gasteiger partial charge in [0.1, 0.15) is 5.75 Å². The predicted molar refractivity (Wildman–Crippen MR) is 86.5 cm³/mol. The quantitative estimate of drug-likeness (QED) is 0.868. The van der Waals surface area contributed by atoms with Crippen LogP contribution in [0.3, 0.4) is 0 Å². The average molecular weight is 281 g/mol. The Morgan fingerprint density at radius 1 is 1.14 bits per heavy atom. The fourth-order valence-electron chi connectivity index (χ4n) is 3.26. The van der Waals surface area contributed by atoms with Gasteiger partial charge >= 0.3 is 0 Å². The van der Waals surface area contributed by atoms with Gasteiger partial charge in [-0.3, -0.25) is 0 Å². The second-order valence-corrected chi connectivity index (χ2v) is 6.03. The first kappa shape index (κ1) is 14.2. The Kier molecular flexibility index (Phi) is 4.26. The van der Waals surface area contributed by atoms with Gasteiger partial charge in [0.05, 0.1) is 0 Å². The molecule has 2 aromatic rings. The van der Waals surface area contributed by atoms with Gasteiger partial charge in [0.25, 0.3) is 0 Å². The minimum atomic E-state index is 0.387. The predicted octanol–water partition coefficient (Wildman–Crippen LogP) is 3.99. The van der Waals surface area contributed by atoms with E-state index in [1.807, 2.05) is 6.07 Å². The largest absolute Gasteiger partial charge is 0.508 e. The third kappa shape index (κ3) is 3.27. The van der Waals surface area contributed by atoms with Crippen molar-refractivity contribution < 1.29 is 5.11 Å². The van der Waals surface area contributed by atoms with Crippen molar-refractivity contribution in [2.45, 2.75) is 44.7 Å². The van der Waals surface area contributed by atoms with E-state index in [0.29, 0.717) is 17.8 Å². The van der Waals surface area contributed by atoms with Crippen LogP contribution in [0.15, 0.2) is 48.5 Å². The number of phenols is 1. The first-order valence-electron chi connectivity index (χ1n) is 7.85. The normalized spacial score (nSPS) is 18.4. The number of aromatic hydroxyl groups is 1. The van der Waals surface area contributed by atoms with Crippen molar-refractivity contribution in [2.75, 3.05) is 0 Å². The molecule has 0 fully saturated rings. The zero-order chi connectivity index (χ0) is 14.7. The van der Waals surface area contributed by atoms with Gasteiger partial charge in [0.2, 0.25) is 0 Å². The molecule has 2 aromatic carbocycles. The Hall–Kier alpha value is -1.80. The average Bonchev–Trinajstić information content (AvgIpc) is 2.91. The van der Waals surface area contributed by atoms with Crippen LogP contribution in [0, 0.1) is 0 Å². The number of nitrogens with one attached hydrogen (secondary N) is 1. The van der Waals surface area contributed by atoms with Crippen molar-refractivity contribution in [3.8, 4) is 5.75 Å². The van der Waals surface area contributed by atoms with E-state index < -0.39 is 0 Å². The molecule has 1 aliphatic rings. The molecule has 0 heterocycles. The standard InChI is InChI=1S/C19H23NO/c1-14(10-11-15-6-3-2-4-7-15)20-18-13-12-17-16(18)8-5-9-19(17)21/h2-9,14,18,20-21H,10-13H2,1H3. The van der Waals surface area contributed by atoms with Gasteiger partial charge < -0.3 is 10.4 Å². The summed E-state index contributed by atoms with van der Waals surface area (Å²) in [4.78, 5) is 0. The Morgan fingerprint density at radius 2 is 1.95 bits per heavy atom. The van der Waals surface area contributed by atoms with Crippen LogP contribution in [0.25, 0.3) is 0 Å². The van der Waals surface area contributed by atoms with Crippen LogP contribution in [0.2, 0.25) is 0 Å². The highest BCUT2D eigenvalue weighted by Gasteiger charge is 2.25. The molecule has 0 spiro atoms. The zero-order valence-corrected chi connectivity index (χ0v) is 12.5. The first-order chi connectivity index (χ1) is 10.2. The van der Waals surface area contributed by atoms with Gasteiger partial charge in [0, 0.05) is 12.1 Å². The number of aryl methyl sites for hydroxylation is 1. The fourth-order valence-corrected chi connectivity index (χ4v) is 3.26. The summed E-state index contributed by atoms with van der Waals surface area (Å²) >= 11 is 0. The zero-order valence-electron chi connectivity index (χ0n) is 12.5. The molecule has 2 nitrogen and oxygen atoms in total. The number of rotatable bonds is 5. The molecule has 2 heteroatoms. The summed E-state index contributed by atoms with van der Waals surface area (Å²) in [5.41, 5.74) is 3.81. The van der Waals surface area contributed by atoms with E-state index in [0.717, 1.165) is 31.2 Å². The molecule has 0 saturated carbocycles. The van der Waals surface area contributed by atoms with Crippen molar-refractivity contribution in [2.24, 2.45) is 0 Å². The maximum absolute atomic E-state index is 9.91. The fraction of sp³-hybridized carbons (Fsp3) is 0.368. The monoisotopic (exact) mass is 281 g/mol. The molecule has 1 aliphatic carbocycles. The summed E-state index contributed by atoms with van der Waals surface area (Å²) in [6.45, 7) is 2.25. The summed E-state index contributed by atoms with van der Waals surface area (Å²) in [5, 5.41) is 13.6. The highest BCUT2D eigenvalue weighted by molar-refractivity contribution is 5.44. The Balaban J connectivity index is 1.57. The molecule has 21 heavy (non-hydrogen) atoms. The molecule has 2 atom stereocenters.